The SMILES string of the molecule is CCOc1cc(C(C)c2ccc3c(c2O)N(C)CCC3)ccc1O. The van der Waals surface area contributed by atoms with Gasteiger partial charge < -0.3 is 19.8 Å². The number of aryl methyl sites for hydroxylation is 1. The number of hydrogen-bond acceptors (Lipinski definition) is 4. The van der Waals surface area contributed by atoms with Gasteiger partial charge in [0, 0.05) is 25.1 Å². The van der Waals surface area contributed by atoms with E-state index in [2.05, 4.69) is 17.9 Å². The molecule has 0 bridgehead atoms. The van der Waals surface area contributed by atoms with E-state index in [0.717, 1.165) is 36.2 Å². The van der Waals surface area contributed by atoms with Crippen molar-refractivity contribution in [3.05, 3.63) is 47.0 Å². The van der Waals surface area contributed by atoms with Crippen molar-refractivity contribution < 1.29 is 14.9 Å². The Balaban J connectivity index is 2.00. The number of nitrogens with zero attached hydrogens (tertiary/aromatic N) is 1. The number of anilines is 1. The van der Waals surface area contributed by atoms with Gasteiger partial charge in [-0.15, -0.1) is 0 Å². The molecule has 0 fully saturated rings. The van der Waals surface area contributed by atoms with Crippen LogP contribution in [0.5, 0.6) is 17.2 Å². The highest BCUT2D eigenvalue weighted by Gasteiger charge is 2.23. The van der Waals surface area contributed by atoms with Crippen LogP contribution in [0.1, 0.15) is 42.9 Å². The topological polar surface area (TPSA) is 52.9 Å². The second kappa shape index (κ2) is 6.63. The van der Waals surface area contributed by atoms with Crippen molar-refractivity contribution in [3.8, 4) is 17.2 Å². The van der Waals surface area contributed by atoms with Crippen LogP contribution in [0.2, 0.25) is 0 Å². The van der Waals surface area contributed by atoms with Gasteiger partial charge in [0.1, 0.15) is 5.75 Å². The maximum absolute atomic E-state index is 10.8. The number of fused-ring (bicyclic) bond motifs is 1. The van der Waals surface area contributed by atoms with Gasteiger partial charge in [-0.1, -0.05) is 25.1 Å². The summed E-state index contributed by atoms with van der Waals surface area (Å²) in [4.78, 5) is 2.13. The molecule has 3 rings (SSSR count). The molecule has 4 nitrogen and oxygen atoms in total. The quantitative estimate of drug-likeness (QED) is 0.890. The van der Waals surface area contributed by atoms with Crippen LogP contribution >= 0.6 is 0 Å². The molecular weight excluding hydrogens is 302 g/mol. The van der Waals surface area contributed by atoms with Gasteiger partial charge in [0.15, 0.2) is 11.5 Å². The van der Waals surface area contributed by atoms with Crippen molar-refractivity contribution in [3.63, 3.8) is 0 Å². The highest BCUT2D eigenvalue weighted by Crippen LogP contribution is 2.42. The van der Waals surface area contributed by atoms with E-state index in [1.54, 1.807) is 6.07 Å². The van der Waals surface area contributed by atoms with E-state index in [0.29, 0.717) is 18.1 Å². The first-order valence-corrected chi connectivity index (χ1v) is 8.54. The lowest BCUT2D eigenvalue weighted by Gasteiger charge is -2.30. The Morgan fingerprint density at radius 1 is 1.21 bits per heavy atom. The van der Waals surface area contributed by atoms with Gasteiger partial charge in [-0.2, -0.15) is 0 Å². The molecular formula is C20H25NO3. The van der Waals surface area contributed by atoms with Crippen LogP contribution in [0.4, 0.5) is 5.69 Å². The van der Waals surface area contributed by atoms with Crippen LogP contribution in [-0.2, 0) is 6.42 Å². The second-order valence-electron chi connectivity index (χ2n) is 6.42. The first-order chi connectivity index (χ1) is 11.5. The maximum atomic E-state index is 10.8. The molecule has 0 amide bonds. The molecule has 2 aromatic rings. The summed E-state index contributed by atoms with van der Waals surface area (Å²) in [7, 11) is 2.03. The van der Waals surface area contributed by atoms with Crippen molar-refractivity contribution in [1.82, 2.24) is 0 Å². The molecule has 2 aromatic carbocycles. The zero-order valence-corrected chi connectivity index (χ0v) is 14.5. The largest absolute Gasteiger partial charge is 0.505 e. The minimum absolute atomic E-state index is 0.00503. The summed E-state index contributed by atoms with van der Waals surface area (Å²) in [5.74, 6) is 0.997. The normalized spacial score (nSPS) is 15.0. The molecule has 0 spiro atoms. The Labute approximate surface area is 143 Å². The molecule has 4 heteroatoms. The summed E-state index contributed by atoms with van der Waals surface area (Å²) in [5, 5.41) is 20.7. The van der Waals surface area contributed by atoms with Crippen molar-refractivity contribution in [2.75, 3.05) is 25.1 Å². The molecule has 128 valence electrons. The summed E-state index contributed by atoms with van der Waals surface area (Å²) in [6.07, 6.45) is 2.13. The van der Waals surface area contributed by atoms with Gasteiger partial charge in [0.2, 0.25) is 0 Å². The number of benzene rings is 2. The smallest absolute Gasteiger partial charge is 0.161 e. The van der Waals surface area contributed by atoms with Crippen molar-refractivity contribution in [1.29, 1.82) is 0 Å². The summed E-state index contributed by atoms with van der Waals surface area (Å²) in [5.41, 5.74) is 4.06. The van der Waals surface area contributed by atoms with Crippen LogP contribution in [0.3, 0.4) is 0 Å². The van der Waals surface area contributed by atoms with Gasteiger partial charge in [-0.05, 0) is 43.0 Å². The van der Waals surface area contributed by atoms with Crippen molar-refractivity contribution in [2.24, 2.45) is 0 Å². The number of rotatable bonds is 4. The Morgan fingerprint density at radius 3 is 2.75 bits per heavy atom. The molecule has 1 unspecified atom stereocenters. The zero-order valence-electron chi connectivity index (χ0n) is 14.5. The van der Waals surface area contributed by atoms with Crippen molar-refractivity contribution >= 4 is 5.69 Å². The van der Waals surface area contributed by atoms with Crippen LogP contribution in [0, 0.1) is 0 Å². The van der Waals surface area contributed by atoms with E-state index in [1.165, 1.54) is 5.56 Å². The molecule has 1 atom stereocenters. The fourth-order valence-electron chi connectivity index (χ4n) is 3.48. The molecule has 0 saturated carbocycles. The average Bonchev–Trinajstić information content (AvgIpc) is 2.57. The van der Waals surface area contributed by atoms with E-state index < -0.39 is 0 Å². The van der Waals surface area contributed by atoms with E-state index in [4.69, 9.17) is 4.74 Å². The predicted molar refractivity (Wildman–Crippen MR) is 96.5 cm³/mol. The third-order valence-corrected chi connectivity index (χ3v) is 4.84. The highest BCUT2D eigenvalue weighted by molar-refractivity contribution is 5.68. The number of phenolic OH excluding ortho intramolecular Hbond substituents is 2. The third kappa shape index (κ3) is 2.88. The summed E-state index contributed by atoms with van der Waals surface area (Å²) >= 11 is 0. The lowest BCUT2D eigenvalue weighted by atomic mass is 9.89. The second-order valence-corrected chi connectivity index (χ2v) is 6.42. The Morgan fingerprint density at radius 2 is 2.00 bits per heavy atom. The zero-order chi connectivity index (χ0) is 17.3. The third-order valence-electron chi connectivity index (χ3n) is 4.84. The number of aromatic hydroxyl groups is 2. The average molecular weight is 327 g/mol. The van der Waals surface area contributed by atoms with Gasteiger partial charge >= 0.3 is 0 Å². The standard InChI is InChI=1S/C20H25NO3/c1-4-24-18-12-15(8-10-17(18)22)13(2)16-9-7-14-6-5-11-21(3)19(14)20(16)23/h7-10,12-13,22-23H,4-6,11H2,1-3H3. The van der Waals surface area contributed by atoms with E-state index >= 15 is 0 Å². The molecule has 0 aliphatic carbocycles. The minimum Gasteiger partial charge on any atom is -0.505 e. The van der Waals surface area contributed by atoms with Crippen LogP contribution in [0.25, 0.3) is 0 Å². The van der Waals surface area contributed by atoms with E-state index in [9.17, 15) is 10.2 Å². The first-order valence-electron chi connectivity index (χ1n) is 8.54. The fourth-order valence-corrected chi connectivity index (χ4v) is 3.48. The maximum Gasteiger partial charge on any atom is 0.161 e. The van der Waals surface area contributed by atoms with Gasteiger partial charge in [0.25, 0.3) is 0 Å². The summed E-state index contributed by atoms with van der Waals surface area (Å²) in [6.45, 7) is 5.42. The number of phenols is 2. The van der Waals surface area contributed by atoms with Crippen molar-refractivity contribution in [2.45, 2.75) is 32.6 Å². The van der Waals surface area contributed by atoms with Crippen LogP contribution in [-0.4, -0.2) is 30.4 Å². The molecule has 2 N–H and O–H groups in total. The Bertz CT molecular complexity index is 742. The Kier molecular flexibility index (Phi) is 4.56. The fraction of sp³-hybridized carbons (Fsp3) is 0.400. The molecule has 1 aliphatic heterocycles. The molecule has 0 aromatic heterocycles. The first kappa shape index (κ1) is 16.5. The summed E-state index contributed by atoms with van der Waals surface area (Å²) in [6, 6.07) is 9.53. The van der Waals surface area contributed by atoms with Gasteiger partial charge in [-0.3, -0.25) is 0 Å². The lowest BCUT2D eigenvalue weighted by Crippen LogP contribution is -2.25. The molecule has 24 heavy (non-hydrogen) atoms. The number of hydrogen-bond donors (Lipinski definition) is 2. The van der Waals surface area contributed by atoms with Crippen LogP contribution in [0.15, 0.2) is 30.3 Å². The highest BCUT2D eigenvalue weighted by atomic mass is 16.5. The predicted octanol–water partition coefficient (Wildman–Crippen LogP) is 4.03. The monoisotopic (exact) mass is 327 g/mol. The lowest BCUT2D eigenvalue weighted by molar-refractivity contribution is 0.317. The van der Waals surface area contributed by atoms with E-state index in [1.807, 2.05) is 32.2 Å². The molecule has 1 heterocycles. The van der Waals surface area contributed by atoms with E-state index in [-0.39, 0.29) is 11.7 Å². The summed E-state index contributed by atoms with van der Waals surface area (Å²) < 4.78 is 5.48. The Hall–Kier alpha value is -2.36. The van der Waals surface area contributed by atoms with Gasteiger partial charge in [0.05, 0.1) is 12.3 Å². The van der Waals surface area contributed by atoms with Gasteiger partial charge in [-0.25, -0.2) is 0 Å². The van der Waals surface area contributed by atoms with Crippen LogP contribution < -0.4 is 9.64 Å². The number of ether oxygens (including phenoxy) is 1. The molecule has 0 radical (unpaired) electrons. The minimum atomic E-state index is 0.00503. The molecule has 0 saturated heterocycles. The molecule has 1 aliphatic rings.